The molecule has 1 atom stereocenters. The molecule has 0 aromatic heterocycles. The van der Waals surface area contributed by atoms with Gasteiger partial charge >= 0.3 is 5.97 Å². The van der Waals surface area contributed by atoms with E-state index < -0.39 is 0 Å². The minimum Gasteiger partial charge on any atom is -0.467 e. The number of halogens is 1. The zero-order valence-electron chi connectivity index (χ0n) is 10.6. The van der Waals surface area contributed by atoms with E-state index in [9.17, 15) is 4.79 Å². The molecule has 3 nitrogen and oxygen atoms in total. The van der Waals surface area contributed by atoms with Gasteiger partial charge in [-0.05, 0) is 49.1 Å². The Bertz CT molecular complexity index is 370. The van der Waals surface area contributed by atoms with Gasteiger partial charge in [0.05, 0.1) is 7.11 Å². The van der Waals surface area contributed by atoms with Crippen LogP contribution < -0.4 is 5.32 Å². The summed E-state index contributed by atoms with van der Waals surface area (Å²) in [5.74, 6) is 0.842. The number of thioether (sulfide) groups is 1. The van der Waals surface area contributed by atoms with E-state index in [-0.39, 0.29) is 12.0 Å². The summed E-state index contributed by atoms with van der Waals surface area (Å²) in [6.45, 7) is 0. The Morgan fingerprint density at radius 1 is 1.44 bits per heavy atom. The van der Waals surface area contributed by atoms with Crippen molar-refractivity contribution in [3.63, 3.8) is 0 Å². The Morgan fingerprint density at radius 2 is 2.11 bits per heavy atom. The molecule has 1 aromatic carbocycles. The molecule has 0 aliphatic rings. The number of nitrogens with one attached hydrogen (secondary N) is 1. The zero-order chi connectivity index (χ0) is 13.4. The fourth-order valence-corrected chi connectivity index (χ4v) is 2.29. The van der Waals surface area contributed by atoms with Crippen LogP contribution in [0.25, 0.3) is 0 Å². The van der Waals surface area contributed by atoms with Gasteiger partial charge in [-0.3, -0.25) is 0 Å². The van der Waals surface area contributed by atoms with Crippen molar-refractivity contribution in [2.24, 2.45) is 0 Å². The van der Waals surface area contributed by atoms with Crippen LogP contribution in [-0.2, 0) is 9.53 Å². The molecule has 0 saturated heterocycles. The van der Waals surface area contributed by atoms with Crippen LogP contribution in [0.5, 0.6) is 0 Å². The van der Waals surface area contributed by atoms with E-state index in [0.717, 1.165) is 28.8 Å². The molecule has 1 N–H and O–H groups in total. The standard InChI is InChI=1S/C13H18BrNO2S/c1-17-13(16)12(4-3-9-18-2)15-11-7-5-10(14)6-8-11/h5-8,12,15H,3-4,9H2,1-2H3. The molecule has 0 fully saturated rings. The molecule has 1 unspecified atom stereocenters. The molecular weight excluding hydrogens is 314 g/mol. The van der Waals surface area contributed by atoms with Gasteiger partial charge in [0.15, 0.2) is 0 Å². The fourth-order valence-electron chi connectivity index (χ4n) is 1.57. The van der Waals surface area contributed by atoms with Crippen molar-refractivity contribution in [1.29, 1.82) is 0 Å². The molecule has 0 radical (unpaired) electrons. The Balaban J connectivity index is 2.59. The van der Waals surface area contributed by atoms with E-state index in [1.165, 1.54) is 7.11 Å². The highest BCUT2D eigenvalue weighted by Crippen LogP contribution is 2.17. The first kappa shape index (κ1) is 15.4. The second-order valence-electron chi connectivity index (χ2n) is 3.86. The molecule has 0 aliphatic carbocycles. The molecule has 0 bridgehead atoms. The van der Waals surface area contributed by atoms with Crippen molar-refractivity contribution >= 4 is 39.3 Å². The normalized spacial score (nSPS) is 11.9. The van der Waals surface area contributed by atoms with Crippen LogP contribution in [0.1, 0.15) is 12.8 Å². The van der Waals surface area contributed by atoms with Gasteiger partial charge < -0.3 is 10.1 Å². The molecular formula is C13H18BrNO2S. The third-order valence-corrected chi connectivity index (χ3v) is 3.74. The molecule has 0 spiro atoms. The Labute approximate surface area is 121 Å². The number of hydrogen-bond donors (Lipinski definition) is 1. The smallest absolute Gasteiger partial charge is 0.328 e. The molecule has 18 heavy (non-hydrogen) atoms. The van der Waals surface area contributed by atoms with E-state index in [4.69, 9.17) is 4.74 Å². The summed E-state index contributed by atoms with van der Waals surface area (Å²) in [5, 5.41) is 3.21. The average molecular weight is 332 g/mol. The first-order valence-corrected chi connectivity index (χ1v) is 7.95. The maximum absolute atomic E-state index is 11.7. The number of rotatable bonds is 7. The molecule has 0 saturated carbocycles. The Morgan fingerprint density at radius 3 is 2.67 bits per heavy atom. The van der Waals surface area contributed by atoms with Gasteiger partial charge in [-0.2, -0.15) is 11.8 Å². The largest absolute Gasteiger partial charge is 0.467 e. The molecule has 0 amide bonds. The van der Waals surface area contributed by atoms with Crippen molar-refractivity contribution in [2.45, 2.75) is 18.9 Å². The summed E-state index contributed by atoms with van der Waals surface area (Å²) in [6, 6.07) is 7.49. The van der Waals surface area contributed by atoms with Gasteiger partial charge in [0, 0.05) is 10.2 Å². The van der Waals surface area contributed by atoms with Crippen molar-refractivity contribution in [3.8, 4) is 0 Å². The number of carbonyl (C=O) groups is 1. The monoisotopic (exact) mass is 331 g/mol. The van der Waals surface area contributed by atoms with E-state index in [2.05, 4.69) is 27.5 Å². The lowest BCUT2D eigenvalue weighted by Crippen LogP contribution is -2.30. The highest BCUT2D eigenvalue weighted by Gasteiger charge is 2.18. The number of benzene rings is 1. The second-order valence-corrected chi connectivity index (χ2v) is 5.76. The molecule has 100 valence electrons. The number of esters is 1. The summed E-state index contributed by atoms with van der Waals surface area (Å²) in [7, 11) is 1.42. The number of ether oxygens (including phenoxy) is 1. The lowest BCUT2D eigenvalue weighted by Gasteiger charge is -2.17. The molecule has 1 aromatic rings. The van der Waals surface area contributed by atoms with Crippen LogP contribution in [0.15, 0.2) is 28.7 Å². The number of methoxy groups -OCH3 is 1. The first-order chi connectivity index (χ1) is 8.67. The van der Waals surface area contributed by atoms with Crippen LogP contribution in [0, 0.1) is 0 Å². The number of hydrogen-bond acceptors (Lipinski definition) is 4. The van der Waals surface area contributed by atoms with Crippen LogP contribution >= 0.6 is 27.7 Å². The summed E-state index contributed by atoms with van der Waals surface area (Å²) < 4.78 is 5.84. The van der Waals surface area contributed by atoms with Crippen molar-refractivity contribution < 1.29 is 9.53 Å². The topological polar surface area (TPSA) is 38.3 Å². The highest BCUT2D eigenvalue weighted by atomic mass is 79.9. The van der Waals surface area contributed by atoms with Gasteiger partial charge in [0.25, 0.3) is 0 Å². The Kier molecular flexibility index (Phi) is 7.20. The Hall–Kier alpha value is -0.680. The van der Waals surface area contributed by atoms with E-state index in [1.807, 2.05) is 24.3 Å². The summed E-state index contributed by atoms with van der Waals surface area (Å²) in [4.78, 5) is 11.7. The minimum absolute atomic E-state index is 0.209. The SMILES string of the molecule is COC(=O)C(CCCSC)Nc1ccc(Br)cc1. The van der Waals surface area contributed by atoms with Gasteiger partial charge in [0.1, 0.15) is 6.04 Å². The quantitative estimate of drug-likeness (QED) is 0.612. The van der Waals surface area contributed by atoms with Crippen molar-refractivity contribution in [2.75, 3.05) is 24.4 Å². The van der Waals surface area contributed by atoms with Crippen molar-refractivity contribution in [1.82, 2.24) is 0 Å². The summed E-state index contributed by atoms with van der Waals surface area (Å²) >= 11 is 5.17. The predicted molar refractivity (Wildman–Crippen MR) is 81.2 cm³/mol. The lowest BCUT2D eigenvalue weighted by molar-refractivity contribution is -0.141. The van der Waals surface area contributed by atoms with E-state index in [1.54, 1.807) is 11.8 Å². The average Bonchev–Trinajstić information content (AvgIpc) is 2.39. The van der Waals surface area contributed by atoms with Crippen LogP contribution in [0.2, 0.25) is 0 Å². The maximum atomic E-state index is 11.7. The maximum Gasteiger partial charge on any atom is 0.328 e. The van der Waals surface area contributed by atoms with Crippen LogP contribution in [-0.4, -0.2) is 31.1 Å². The third-order valence-electron chi connectivity index (χ3n) is 2.51. The summed E-state index contributed by atoms with van der Waals surface area (Å²) in [6.07, 6.45) is 3.84. The molecule has 0 heterocycles. The second kappa shape index (κ2) is 8.43. The predicted octanol–water partition coefficient (Wildman–Crippen LogP) is 3.55. The third kappa shape index (κ3) is 5.31. The fraction of sp³-hybridized carbons (Fsp3) is 0.462. The summed E-state index contributed by atoms with van der Waals surface area (Å²) in [5.41, 5.74) is 0.928. The van der Waals surface area contributed by atoms with Crippen LogP contribution in [0.3, 0.4) is 0 Å². The van der Waals surface area contributed by atoms with Gasteiger partial charge in [-0.15, -0.1) is 0 Å². The lowest BCUT2D eigenvalue weighted by atomic mass is 10.1. The van der Waals surface area contributed by atoms with E-state index >= 15 is 0 Å². The zero-order valence-corrected chi connectivity index (χ0v) is 13.0. The van der Waals surface area contributed by atoms with Gasteiger partial charge in [-0.25, -0.2) is 4.79 Å². The first-order valence-electron chi connectivity index (χ1n) is 5.76. The van der Waals surface area contributed by atoms with E-state index in [0.29, 0.717) is 0 Å². The number of anilines is 1. The molecule has 5 heteroatoms. The molecule has 1 rings (SSSR count). The highest BCUT2D eigenvalue weighted by molar-refractivity contribution is 9.10. The molecule has 0 aliphatic heterocycles. The van der Waals surface area contributed by atoms with Crippen molar-refractivity contribution in [3.05, 3.63) is 28.7 Å². The minimum atomic E-state index is -0.275. The van der Waals surface area contributed by atoms with Crippen LogP contribution in [0.4, 0.5) is 5.69 Å². The van der Waals surface area contributed by atoms with Gasteiger partial charge in [-0.1, -0.05) is 15.9 Å². The van der Waals surface area contributed by atoms with Gasteiger partial charge in [0.2, 0.25) is 0 Å². The number of carbonyl (C=O) groups excluding carboxylic acids is 1.